The number of aromatic nitrogens is 3. The van der Waals surface area contributed by atoms with Gasteiger partial charge in [0.05, 0.1) is 11.1 Å². The second-order valence-corrected chi connectivity index (χ2v) is 9.05. The van der Waals surface area contributed by atoms with E-state index in [1.807, 2.05) is 30.0 Å². The number of aryl methyl sites for hydroxylation is 1. The second kappa shape index (κ2) is 10.7. The lowest BCUT2D eigenvalue weighted by Gasteiger charge is -2.32. The minimum atomic E-state index is -5.18. The Hall–Kier alpha value is -3.97. The Bertz CT molecular complexity index is 1430. The van der Waals surface area contributed by atoms with Crippen LogP contribution >= 0.6 is 0 Å². The molecule has 208 valence electrons. The number of hydrogen-bond donors (Lipinski definition) is 2. The quantitative estimate of drug-likeness (QED) is 0.438. The van der Waals surface area contributed by atoms with E-state index >= 15 is 4.39 Å². The van der Waals surface area contributed by atoms with E-state index < -0.39 is 70.3 Å². The zero-order valence-corrected chi connectivity index (χ0v) is 20.4. The number of benzene rings is 1. The van der Waals surface area contributed by atoms with Crippen molar-refractivity contribution in [1.82, 2.24) is 20.3 Å². The Balaban J connectivity index is 1.54. The molecular weight excluding hydrogens is 535 g/mol. The number of piperidine rings is 1. The highest BCUT2D eigenvalue weighted by molar-refractivity contribution is 5.79. The van der Waals surface area contributed by atoms with Gasteiger partial charge in [0, 0.05) is 42.9 Å². The van der Waals surface area contributed by atoms with Crippen molar-refractivity contribution in [3.63, 3.8) is 0 Å². The number of amides is 1. The number of alkyl halides is 6. The Morgan fingerprint density at radius 3 is 2.36 bits per heavy atom. The number of carbonyl (C=O) groups excluding carboxylic acids is 1. The highest BCUT2D eigenvalue weighted by Crippen LogP contribution is 2.39. The highest BCUT2D eigenvalue weighted by Gasteiger charge is 2.38. The highest BCUT2D eigenvalue weighted by atomic mass is 19.4. The van der Waals surface area contributed by atoms with Crippen molar-refractivity contribution in [3.05, 3.63) is 75.1 Å². The van der Waals surface area contributed by atoms with Crippen molar-refractivity contribution in [1.29, 1.82) is 0 Å². The molecule has 0 radical (unpaired) electrons. The Morgan fingerprint density at radius 2 is 1.74 bits per heavy atom. The Labute approximate surface area is 217 Å². The number of anilines is 1. The molecule has 0 saturated carbocycles. The number of halogens is 7. The molecule has 1 saturated heterocycles. The smallest absolute Gasteiger partial charge is 0.357 e. The Kier molecular flexibility index (Phi) is 7.66. The van der Waals surface area contributed by atoms with Gasteiger partial charge in [-0.15, -0.1) is 0 Å². The van der Waals surface area contributed by atoms with Crippen molar-refractivity contribution in [2.45, 2.75) is 38.7 Å². The number of nitrogens with zero attached hydrogens (tertiary/aromatic N) is 3. The van der Waals surface area contributed by atoms with Gasteiger partial charge in [-0.3, -0.25) is 9.59 Å². The summed E-state index contributed by atoms with van der Waals surface area (Å²) in [5.74, 6) is -2.91. The number of hydrogen-bond acceptors (Lipinski definition) is 5. The molecule has 0 aliphatic carbocycles. The van der Waals surface area contributed by atoms with Gasteiger partial charge in [0.15, 0.2) is 5.69 Å². The third-order valence-electron chi connectivity index (χ3n) is 6.31. The number of pyridine rings is 1. The summed E-state index contributed by atoms with van der Waals surface area (Å²) < 4.78 is 95.6. The van der Waals surface area contributed by atoms with Crippen molar-refractivity contribution in [2.24, 2.45) is 5.92 Å². The molecule has 1 fully saturated rings. The molecule has 39 heavy (non-hydrogen) atoms. The summed E-state index contributed by atoms with van der Waals surface area (Å²) in [7, 11) is 0. The molecule has 2 N–H and O–H groups in total. The molecule has 0 atom stereocenters. The van der Waals surface area contributed by atoms with Gasteiger partial charge in [0.1, 0.15) is 17.5 Å². The maximum absolute atomic E-state index is 15.4. The van der Waals surface area contributed by atoms with E-state index in [2.05, 4.69) is 15.3 Å². The zero-order chi connectivity index (χ0) is 28.5. The molecule has 1 aromatic carbocycles. The van der Waals surface area contributed by atoms with Gasteiger partial charge in [-0.05, 0) is 38.0 Å². The minimum Gasteiger partial charge on any atom is -0.357 e. The minimum absolute atomic E-state index is 0.0546. The summed E-state index contributed by atoms with van der Waals surface area (Å²) in [5, 5.41) is 2.49. The van der Waals surface area contributed by atoms with Crippen LogP contribution in [-0.2, 0) is 23.7 Å². The lowest BCUT2D eigenvalue weighted by Crippen LogP contribution is -2.40. The van der Waals surface area contributed by atoms with Gasteiger partial charge < -0.3 is 15.2 Å². The first-order valence-corrected chi connectivity index (χ1v) is 11.8. The number of nitrogens with one attached hydrogen (secondary N) is 2. The van der Waals surface area contributed by atoms with E-state index in [1.165, 1.54) is 0 Å². The molecule has 0 spiro atoms. The first kappa shape index (κ1) is 28.0. The standard InChI is InChI=1S/C25H22F7N5O2/c1-13-3-2-4-18(34-13)37-9-7-14(8-10-37)23(39)33-12-15-5-6-16(24(27,28)29)20(21(15)26)22-35-17(25(30,31)32)11-19(38)36-22/h2-6,11,14H,7-10,12H2,1H3,(H,33,39)(H,35,36,38). The van der Waals surface area contributed by atoms with Crippen LogP contribution in [0.25, 0.3) is 11.4 Å². The molecule has 0 unspecified atom stereocenters. The van der Waals surface area contributed by atoms with Crippen LogP contribution in [0.5, 0.6) is 0 Å². The molecule has 3 aromatic rings. The summed E-state index contributed by atoms with van der Waals surface area (Å²) in [6, 6.07) is 6.88. The molecule has 7 nitrogen and oxygen atoms in total. The van der Waals surface area contributed by atoms with Crippen LogP contribution in [0, 0.1) is 18.7 Å². The van der Waals surface area contributed by atoms with Crippen molar-refractivity contribution >= 4 is 11.7 Å². The fourth-order valence-electron chi connectivity index (χ4n) is 4.35. The Morgan fingerprint density at radius 1 is 1.05 bits per heavy atom. The van der Waals surface area contributed by atoms with Crippen molar-refractivity contribution in [2.75, 3.05) is 18.0 Å². The van der Waals surface area contributed by atoms with Crippen LogP contribution in [0.15, 0.2) is 41.2 Å². The van der Waals surface area contributed by atoms with Crippen LogP contribution in [0.2, 0.25) is 0 Å². The SMILES string of the molecule is Cc1cccc(N2CCC(C(=O)NCc3ccc(C(F)(F)F)c(-c4nc(C(F)(F)F)cc(=O)[nH]4)c3F)CC2)n1. The number of aromatic amines is 1. The van der Waals surface area contributed by atoms with Crippen LogP contribution < -0.4 is 15.8 Å². The van der Waals surface area contributed by atoms with E-state index in [1.54, 1.807) is 4.98 Å². The van der Waals surface area contributed by atoms with Crippen LogP contribution in [0.3, 0.4) is 0 Å². The fraction of sp³-hybridized carbons (Fsp3) is 0.360. The average Bonchev–Trinajstić information content (AvgIpc) is 2.86. The maximum atomic E-state index is 15.4. The monoisotopic (exact) mass is 557 g/mol. The summed E-state index contributed by atoms with van der Waals surface area (Å²) in [6.45, 7) is 2.39. The molecule has 1 aliphatic heterocycles. The summed E-state index contributed by atoms with van der Waals surface area (Å²) in [4.78, 5) is 35.7. The first-order chi connectivity index (χ1) is 18.2. The average molecular weight is 557 g/mol. The second-order valence-electron chi connectivity index (χ2n) is 9.05. The molecule has 0 bridgehead atoms. The summed E-state index contributed by atoms with van der Waals surface area (Å²) >= 11 is 0. The molecule has 1 amide bonds. The summed E-state index contributed by atoms with van der Waals surface area (Å²) in [6.07, 6.45) is -9.42. The van der Waals surface area contributed by atoms with E-state index in [0.29, 0.717) is 32.0 Å². The van der Waals surface area contributed by atoms with Crippen molar-refractivity contribution in [3.8, 4) is 11.4 Å². The maximum Gasteiger partial charge on any atom is 0.433 e. The molecule has 2 aromatic heterocycles. The molecular formula is C25H22F7N5O2. The van der Waals surface area contributed by atoms with Gasteiger partial charge >= 0.3 is 12.4 Å². The third-order valence-corrected chi connectivity index (χ3v) is 6.31. The lowest BCUT2D eigenvalue weighted by molar-refractivity contribution is -0.141. The lowest BCUT2D eigenvalue weighted by atomic mass is 9.95. The van der Waals surface area contributed by atoms with Crippen molar-refractivity contribution < 1.29 is 35.5 Å². The van der Waals surface area contributed by atoms with E-state index in [0.717, 1.165) is 17.6 Å². The van der Waals surface area contributed by atoms with Crippen LogP contribution in [0.1, 0.15) is 35.4 Å². The van der Waals surface area contributed by atoms with E-state index in [4.69, 9.17) is 0 Å². The molecule has 1 aliphatic rings. The topological polar surface area (TPSA) is 91.0 Å². The normalized spacial score (nSPS) is 14.9. The number of carbonyl (C=O) groups is 1. The van der Waals surface area contributed by atoms with Gasteiger partial charge in [-0.1, -0.05) is 12.1 Å². The largest absolute Gasteiger partial charge is 0.433 e. The predicted octanol–water partition coefficient (Wildman–Crippen LogP) is 4.85. The number of rotatable bonds is 5. The van der Waals surface area contributed by atoms with E-state index in [9.17, 15) is 35.9 Å². The van der Waals surface area contributed by atoms with E-state index in [-0.39, 0.29) is 6.07 Å². The third kappa shape index (κ3) is 6.37. The summed E-state index contributed by atoms with van der Waals surface area (Å²) in [5.41, 5.74) is -5.75. The van der Waals surface area contributed by atoms with Gasteiger partial charge in [0.25, 0.3) is 5.56 Å². The predicted molar refractivity (Wildman–Crippen MR) is 126 cm³/mol. The van der Waals surface area contributed by atoms with Crippen LogP contribution in [0.4, 0.5) is 36.6 Å². The molecule has 14 heteroatoms. The van der Waals surface area contributed by atoms with Gasteiger partial charge in [-0.2, -0.15) is 26.3 Å². The van der Waals surface area contributed by atoms with Gasteiger partial charge in [0.2, 0.25) is 5.91 Å². The van der Waals surface area contributed by atoms with Gasteiger partial charge in [-0.25, -0.2) is 14.4 Å². The fourth-order valence-corrected chi connectivity index (χ4v) is 4.35. The number of H-pyrrole nitrogens is 1. The molecule has 4 rings (SSSR count). The molecule has 3 heterocycles. The van der Waals surface area contributed by atoms with Crippen LogP contribution in [-0.4, -0.2) is 33.9 Å². The first-order valence-electron chi connectivity index (χ1n) is 11.8. The zero-order valence-electron chi connectivity index (χ0n) is 20.4.